The standard InChI is InChI=1S/C14H21NO3/c1-17-11-6-5-10(9-12(11)18-2)13(16)14(15)7-3-4-8-14/h5-6,9,13,16H,3-4,7-8,15H2,1-2H3. The largest absolute Gasteiger partial charge is 0.493 e. The lowest BCUT2D eigenvalue weighted by Crippen LogP contribution is -2.43. The van der Waals surface area contributed by atoms with Crippen molar-refractivity contribution < 1.29 is 14.6 Å². The van der Waals surface area contributed by atoms with Crippen LogP contribution in [0.2, 0.25) is 0 Å². The first-order chi connectivity index (χ1) is 8.60. The number of benzene rings is 1. The smallest absolute Gasteiger partial charge is 0.161 e. The van der Waals surface area contributed by atoms with E-state index in [4.69, 9.17) is 15.2 Å². The highest BCUT2D eigenvalue weighted by Crippen LogP contribution is 2.39. The third kappa shape index (κ3) is 2.31. The number of aliphatic hydroxyl groups excluding tert-OH is 1. The van der Waals surface area contributed by atoms with E-state index in [1.807, 2.05) is 6.07 Å². The van der Waals surface area contributed by atoms with Gasteiger partial charge in [0.25, 0.3) is 0 Å². The summed E-state index contributed by atoms with van der Waals surface area (Å²) in [6, 6.07) is 5.45. The van der Waals surface area contributed by atoms with E-state index in [0.29, 0.717) is 11.5 Å². The maximum absolute atomic E-state index is 10.4. The number of rotatable bonds is 4. The van der Waals surface area contributed by atoms with Crippen LogP contribution < -0.4 is 15.2 Å². The van der Waals surface area contributed by atoms with E-state index in [2.05, 4.69) is 0 Å². The highest BCUT2D eigenvalue weighted by Gasteiger charge is 2.37. The van der Waals surface area contributed by atoms with Gasteiger partial charge in [-0.25, -0.2) is 0 Å². The summed E-state index contributed by atoms with van der Waals surface area (Å²) in [5.41, 5.74) is 6.56. The first-order valence-corrected chi connectivity index (χ1v) is 6.29. The van der Waals surface area contributed by atoms with Crippen molar-refractivity contribution in [2.75, 3.05) is 14.2 Å². The molecule has 1 aliphatic carbocycles. The first kappa shape index (κ1) is 13.2. The summed E-state index contributed by atoms with van der Waals surface area (Å²) in [5.74, 6) is 1.28. The van der Waals surface area contributed by atoms with Gasteiger partial charge in [-0.05, 0) is 30.5 Å². The molecule has 0 heterocycles. The van der Waals surface area contributed by atoms with Gasteiger partial charge in [0.2, 0.25) is 0 Å². The Morgan fingerprint density at radius 2 is 1.78 bits per heavy atom. The van der Waals surface area contributed by atoms with Crippen LogP contribution in [0.5, 0.6) is 11.5 Å². The summed E-state index contributed by atoms with van der Waals surface area (Å²) in [6.45, 7) is 0. The van der Waals surface area contributed by atoms with E-state index in [1.54, 1.807) is 26.4 Å². The third-order valence-corrected chi connectivity index (χ3v) is 3.80. The second kappa shape index (κ2) is 5.16. The van der Waals surface area contributed by atoms with Crippen LogP contribution >= 0.6 is 0 Å². The first-order valence-electron chi connectivity index (χ1n) is 6.29. The van der Waals surface area contributed by atoms with E-state index < -0.39 is 11.6 Å². The van der Waals surface area contributed by atoms with Crippen molar-refractivity contribution >= 4 is 0 Å². The Labute approximate surface area is 108 Å². The Hall–Kier alpha value is -1.26. The van der Waals surface area contributed by atoms with Crippen molar-refractivity contribution in [2.45, 2.75) is 37.3 Å². The van der Waals surface area contributed by atoms with Crippen LogP contribution in [0.1, 0.15) is 37.4 Å². The maximum Gasteiger partial charge on any atom is 0.161 e. The molecule has 0 radical (unpaired) electrons. The fraction of sp³-hybridized carbons (Fsp3) is 0.571. The van der Waals surface area contributed by atoms with Gasteiger partial charge in [0.1, 0.15) is 0 Å². The lowest BCUT2D eigenvalue weighted by molar-refractivity contribution is 0.0869. The predicted octanol–water partition coefficient (Wildman–Crippen LogP) is 2.01. The Morgan fingerprint density at radius 3 is 2.33 bits per heavy atom. The normalized spacial score (nSPS) is 19.6. The molecule has 2 rings (SSSR count). The maximum atomic E-state index is 10.4. The average Bonchev–Trinajstić information content (AvgIpc) is 2.85. The number of methoxy groups -OCH3 is 2. The summed E-state index contributed by atoms with van der Waals surface area (Å²) in [5, 5.41) is 10.4. The van der Waals surface area contributed by atoms with Gasteiger partial charge in [-0.2, -0.15) is 0 Å². The molecule has 0 amide bonds. The molecule has 0 saturated heterocycles. The molecule has 1 aromatic rings. The fourth-order valence-electron chi connectivity index (χ4n) is 2.66. The van der Waals surface area contributed by atoms with Gasteiger partial charge >= 0.3 is 0 Å². The van der Waals surface area contributed by atoms with Crippen LogP contribution in [-0.4, -0.2) is 24.9 Å². The third-order valence-electron chi connectivity index (χ3n) is 3.80. The molecule has 1 aromatic carbocycles. The fourth-order valence-corrected chi connectivity index (χ4v) is 2.66. The Balaban J connectivity index is 2.27. The van der Waals surface area contributed by atoms with Crippen LogP contribution in [0.4, 0.5) is 0 Å². The van der Waals surface area contributed by atoms with E-state index in [0.717, 1.165) is 31.2 Å². The zero-order chi connectivity index (χ0) is 13.2. The van der Waals surface area contributed by atoms with E-state index >= 15 is 0 Å². The van der Waals surface area contributed by atoms with Crippen molar-refractivity contribution in [3.8, 4) is 11.5 Å². The second-order valence-corrected chi connectivity index (χ2v) is 4.96. The molecule has 1 saturated carbocycles. The predicted molar refractivity (Wildman–Crippen MR) is 69.9 cm³/mol. The van der Waals surface area contributed by atoms with Crippen molar-refractivity contribution in [3.63, 3.8) is 0 Å². The summed E-state index contributed by atoms with van der Waals surface area (Å²) >= 11 is 0. The quantitative estimate of drug-likeness (QED) is 0.859. The van der Waals surface area contributed by atoms with Crippen LogP contribution in [0.15, 0.2) is 18.2 Å². The second-order valence-electron chi connectivity index (χ2n) is 4.96. The Kier molecular flexibility index (Phi) is 3.78. The van der Waals surface area contributed by atoms with Gasteiger partial charge in [0.15, 0.2) is 11.5 Å². The lowest BCUT2D eigenvalue weighted by Gasteiger charge is -2.30. The topological polar surface area (TPSA) is 64.7 Å². The molecule has 3 N–H and O–H groups in total. The molecule has 1 aliphatic rings. The SMILES string of the molecule is COc1ccc(C(O)C2(N)CCCC2)cc1OC. The van der Waals surface area contributed by atoms with Crippen LogP contribution in [0, 0.1) is 0 Å². The average molecular weight is 251 g/mol. The van der Waals surface area contributed by atoms with Gasteiger partial charge in [0.05, 0.1) is 20.3 Å². The molecule has 0 aromatic heterocycles. The number of nitrogens with two attached hydrogens (primary N) is 1. The summed E-state index contributed by atoms with van der Waals surface area (Å²) in [7, 11) is 3.18. The zero-order valence-corrected chi connectivity index (χ0v) is 11.0. The summed E-state index contributed by atoms with van der Waals surface area (Å²) in [4.78, 5) is 0. The molecule has 0 spiro atoms. The molecule has 0 aliphatic heterocycles. The molecule has 4 heteroatoms. The van der Waals surface area contributed by atoms with Gasteiger partial charge in [-0.3, -0.25) is 0 Å². The van der Waals surface area contributed by atoms with Crippen LogP contribution in [0.25, 0.3) is 0 Å². The van der Waals surface area contributed by atoms with Gasteiger partial charge in [-0.1, -0.05) is 18.9 Å². The molecule has 18 heavy (non-hydrogen) atoms. The highest BCUT2D eigenvalue weighted by molar-refractivity contribution is 5.44. The van der Waals surface area contributed by atoms with Crippen LogP contribution in [-0.2, 0) is 0 Å². The zero-order valence-electron chi connectivity index (χ0n) is 11.0. The minimum absolute atomic E-state index is 0.500. The Bertz CT molecular complexity index is 414. The van der Waals surface area contributed by atoms with E-state index in [1.165, 1.54) is 0 Å². The number of ether oxygens (including phenoxy) is 2. The molecule has 1 unspecified atom stereocenters. The van der Waals surface area contributed by atoms with Crippen molar-refractivity contribution in [2.24, 2.45) is 5.73 Å². The van der Waals surface area contributed by atoms with E-state index in [-0.39, 0.29) is 0 Å². The number of aliphatic hydroxyl groups is 1. The monoisotopic (exact) mass is 251 g/mol. The van der Waals surface area contributed by atoms with Crippen LogP contribution in [0.3, 0.4) is 0 Å². The molecule has 1 atom stereocenters. The summed E-state index contributed by atoms with van der Waals surface area (Å²) in [6.07, 6.45) is 3.24. The number of hydrogen-bond donors (Lipinski definition) is 2. The molecular formula is C14H21NO3. The van der Waals surface area contributed by atoms with Gasteiger partial charge in [0, 0.05) is 5.54 Å². The van der Waals surface area contributed by atoms with Gasteiger partial charge in [-0.15, -0.1) is 0 Å². The van der Waals surface area contributed by atoms with Crippen molar-refractivity contribution in [1.82, 2.24) is 0 Å². The molecule has 100 valence electrons. The van der Waals surface area contributed by atoms with Crippen molar-refractivity contribution in [3.05, 3.63) is 23.8 Å². The van der Waals surface area contributed by atoms with Gasteiger partial charge < -0.3 is 20.3 Å². The van der Waals surface area contributed by atoms with E-state index in [9.17, 15) is 5.11 Å². The molecule has 1 fully saturated rings. The minimum Gasteiger partial charge on any atom is -0.493 e. The lowest BCUT2D eigenvalue weighted by atomic mass is 9.87. The molecule has 4 nitrogen and oxygen atoms in total. The highest BCUT2D eigenvalue weighted by atomic mass is 16.5. The molecular weight excluding hydrogens is 230 g/mol. The minimum atomic E-state index is -0.653. The Morgan fingerprint density at radius 1 is 1.17 bits per heavy atom. The number of hydrogen-bond acceptors (Lipinski definition) is 4. The van der Waals surface area contributed by atoms with Crippen molar-refractivity contribution in [1.29, 1.82) is 0 Å². The summed E-state index contributed by atoms with van der Waals surface area (Å²) < 4.78 is 10.4. The molecule has 0 bridgehead atoms.